The Morgan fingerprint density at radius 3 is 1.88 bits per heavy atom. The second-order valence-electron chi connectivity index (χ2n) is 5.59. The van der Waals surface area contributed by atoms with E-state index in [0.29, 0.717) is 19.8 Å². The van der Waals surface area contributed by atoms with Gasteiger partial charge in [0, 0.05) is 6.07 Å². The van der Waals surface area contributed by atoms with Crippen LogP contribution in [-0.2, 0) is 12.8 Å². The summed E-state index contributed by atoms with van der Waals surface area (Å²) in [5.41, 5.74) is 2.46. The van der Waals surface area contributed by atoms with Gasteiger partial charge < -0.3 is 14.2 Å². The molecule has 0 radical (unpaired) electrons. The lowest BCUT2D eigenvalue weighted by Crippen LogP contribution is -1.99. The van der Waals surface area contributed by atoms with Gasteiger partial charge in [0.05, 0.1) is 6.61 Å². The molecule has 0 aromatic heterocycles. The van der Waals surface area contributed by atoms with Gasteiger partial charge in [-0.1, -0.05) is 37.4 Å². The first kappa shape index (κ1) is 18.7. The number of benzene rings is 2. The van der Waals surface area contributed by atoms with Crippen molar-refractivity contribution in [2.45, 2.75) is 19.8 Å². The Labute approximate surface area is 150 Å². The Bertz CT molecular complexity index is 674. The zero-order chi connectivity index (χ0) is 17.9. The van der Waals surface area contributed by atoms with Crippen molar-refractivity contribution in [3.63, 3.8) is 0 Å². The molecule has 0 saturated carbocycles. The van der Waals surface area contributed by atoms with Gasteiger partial charge in [-0.3, -0.25) is 0 Å². The van der Waals surface area contributed by atoms with Crippen LogP contribution >= 0.6 is 0 Å². The molecular formula is C22H26O3. The van der Waals surface area contributed by atoms with E-state index < -0.39 is 0 Å². The molecule has 0 fully saturated rings. The van der Waals surface area contributed by atoms with Gasteiger partial charge in [0.1, 0.15) is 30.5 Å². The maximum Gasteiger partial charge on any atom is 0.123 e. The summed E-state index contributed by atoms with van der Waals surface area (Å²) in [5.74, 6) is 2.52. The fraction of sp³-hybridized carbons (Fsp3) is 0.273. The molecule has 0 aliphatic carbocycles. The van der Waals surface area contributed by atoms with Crippen LogP contribution in [-0.4, -0.2) is 19.8 Å². The standard InChI is InChI=1S/C22H26O3/c1-4-13-24-20-11-9-18(10-12-20)7-8-19-15-21(23-6-3)17-22(16-19)25-14-5-2/h4-5,9-12,15-17H,1-2,6-8,13-14H2,3H3. The van der Waals surface area contributed by atoms with E-state index in [-0.39, 0.29) is 0 Å². The highest BCUT2D eigenvalue weighted by molar-refractivity contribution is 5.39. The average Bonchev–Trinajstić information content (AvgIpc) is 2.64. The average molecular weight is 338 g/mol. The van der Waals surface area contributed by atoms with Crippen LogP contribution in [0.1, 0.15) is 18.1 Å². The molecule has 0 unspecified atom stereocenters. The monoisotopic (exact) mass is 338 g/mol. The van der Waals surface area contributed by atoms with Crippen molar-refractivity contribution < 1.29 is 14.2 Å². The minimum Gasteiger partial charge on any atom is -0.494 e. The van der Waals surface area contributed by atoms with Crippen molar-refractivity contribution in [3.8, 4) is 17.2 Å². The predicted octanol–water partition coefficient (Wildman–Crippen LogP) is 5.00. The first-order valence-electron chi connectivity index (χ1n) is 8.58. The summed E-state index contributed by atoms with van der Waals surface area (Å²) in [4.78, 5) is 0. The molecule has 2 aromatic rings. The number of hydrogen-bond acceptors (Lipinski definition) is 3. The second kappa shape index (κ2) is 10.2. The van der Waals surface area contributed by atoms with E-state index in [0.717, 1.165) is 30.1 Å². The predicted molar refractivity (Wildman–Crippen MR) is 103 cm³/mol. The number of hydrogen-bond donors (Lipinski definition) is 0. The molecule has 0 N–H and O–H groups in total. The van der Waals surface area contributed by atoms with Crippen LogP contribution in [0.3, 0.4) is 0 Å². The van der Waals surface area contributed by atoms with Gasteiger partial charge in [-0.25, -0.2) is 0 Å². The Balaban J connectivity index is 2.01. The molecule has 2 rings (SSSR count). The molecule has 0 aliphatic heterocycles. The molecule has 25 heavy (non-hydrogen) atoms. The minimum atomic E-state index is 0.487. The van der Waals surface area contributed by atoms with Crippen LogP contribution in [0, 0.1) is 0 Å². The molecule has 3 nitrogen and oxygen atoms in total. The molecule has 3 heteroatoms. The Kier molecular flexibility index (Phi) is 7.64. The van der Waals surface area contributed by atoms with Crippen LogP contribution in [0.25, 0.3) is 0 Å². The summed E-state index contributed by atoms with van der Waals surface area (Å²) >= 11 is 0. The van der Waals surface area contributed by atoms with Crippen molar-refractivity contribution in [2.75, 3.05) is 19.8 Å². The molecule has 0 spiro atoms. The maximum atomic E-state index is 5.67. The van der Waals surface area contributed by atoms with Gasteiger partial charge in [-0.15, -0.1) is 0 Å². The van der Waals surface area contributed by atoms with Gasteiger partial charge in [0.2, 0.25) is 0 Å². The highest BCUT2D eigenvalue weighted by Crippen LogP contribution is 2.24. The van der Waals surface area contributed by atoms with Crippen LogP contribution in [0.4, 0.5) is 0 Å². The molecular weight excluding hydrogens is 312 g/mol. The van der Waals surface area contributed by atoms with Crippen LogP contribution < -0.4 is 14.2 Å². The van der Waals surface area contributed by atoms with Gasteiger partial charge in [-0.05, 0) is 55.2 Å². The third-order valence-corrected chi connectivity index (χ3v) is 3.61. The number of rotatable bonds is 11. The summed E-state index contributed by atoms with van der Waals surface area (Å²) in [6.45, 7) is 11.0. The van der Waals surface area contributed by atoms with Gasteiger partial charge >= 0.3 is 0 Å². The number of ether oxygens (including phenoxy) is 3. The summed E-state index contributed by atoms with van der Waals surface area (Å²) in [6, 6.07) is 14.2. The lowest BCUT2D eigenvalue weighted by atomic mass is 10.0. The van der Waals surface area contributed by atoms with Crippen molar-refractivity contribution in [2.24, 2.45) is 0 Å². The van der Waals surface area contributed by atoms with E-state index in [1.165, 1.54) is 11.1 Å². The van der Waals surface area contributed by atoms with Crippen LogP contribution in [0.15, 0.2) is 67.8 Å². The van der Waals surface area contributed by atoms with Gasteiger partial charge in [0.15, 0.2) is 0 Å². The quantitative estimate of drug-likeness (QED) is 0.540. The topological polar surface area (TPSA) is 27.7 Å². The van der Waals surface area contributed by atoms with E-state index in [1.807, 2.05) is 25.1 Å². The molecule has 0 atom stereocenters. The maximum absolute atomic E-state index is 5.67. The lowest BCUT2D eigenvalue weighted by molar-refractivity contribution is 0.330. The Morgan fingerprint density at radius 1 is 0.720 bits per heavy atom. The summed E-state index contributed by atoms with van der Waals surface area (Å²) in [7, 11) is 0. The van der Waals surface area contributed by atoms with Crippen molar-refractivity contribution >= 4 is 0 Å². The first-order chi connectivity index (χ1) is 12.2. The molecule has 2 aromatic carbocycles. The lowest BCUT2D eigenvalue weighted by Gasteiger charge is -2.11. The van der Waals surface area contributed by atoms with Crippen molar-refractivity contribution in [1.82, 2.24) is 0 Å². The Hall–Kier alpha value is -2.68. The summed E-state index contributed by atoms with van der Waals surface area (Å²) in [5, 5.41) is 0. The van der Waals surface area contributed by atoms with E-state index in [2.05, 4.69) is 37.4 Å². The Morgan fingerprint density at radius 2 is 1.28 bits per heavy atom. The third-order valence-electron chi connectivity index (χ3n) is 3.61. The van der Waals surface area contributed by atoms with E-state index in [1.54, 1.807) is 12.2 Å². The van der Waals surface area contributed by atoms with Crippen LogP contribution in [0.5, 0.6) is 17.2 Å². The van der Waals surface area contributed by atoms with Gasteiger partial charge in [-0.2, -0.15) is 0 Å². The highest BCUT2D eigenvalue weighted by atomic mass is 16.5. The molecule has 0 aliphatic rings. The molecule has 0 bridgehead atoms. The van der Waals surface area contributed by atoms with Crippen molar-refractivity contribution in [3.05, 3.63) is 78.9 Å². The van der Waals surface area contributed by atoms with Gasteiger partial charge in [0.25, 0.3) is 0 Å². The minimum absolute atomic E-state index is 0.487. The van der Waals surface area contributed by atoms with Crippen LogP contribution in [0.2, 0.25) is 0 Å². The van der Waals surface area contributed by atoms with E-state index in [4.69, 9.17) is 14.2 Å². The van der Waals surface area contributed by atoms with E-state index >= 15 is 0 Å². The van der Waals surface area contributed by atoms with Crippen molar-refractivity contribution in [1.29, 1.82) is 0 Å². The summed E-state index contributed by atoms with van der Waals surface area (Å²) in [6.07, 6.45) is 5.34. The smallest absolute Gasteiger partial charge is 0.123 e. The molecule has 0 saturated heterocycles. The fourth-order valence-corrected chi connectivity index (χ4v) is 2.46. The summed E-state index contributed by atoms with van der Waals surface area (Å²) < 4.78 is 16.8. The SMILES string of the molecule is C=CCOc1ccc(CCc2cc(OCC)cc(OCC=C)c2)cc1. The normalized spacial score (nSPS) is 10.1. The molecule has 132 valence electrons. The molecule has 0 amide bonds. The van der Waals surface area contributed by atoms with E-state index in [9.17, 15) is 0 Å². The zero-order valence-electron chi connectivity index (χ0n) is 14.9. The second-order valence-corrected chi connectivity index (χ2v) is 5.59. The zero-order valence-corrected chi connectivity index (χ0v) is 14.9. The molecule has 0 heterocycles. The highest BCUT2D eigenvalue weighted by Gasteiger charge is 2.04. The third kappa shape index (κ3) is 6.38. The number of aryl methyl sites for hydroxylation is 2. The largest absolute Gasteiger partial charge is 0.494 e. The fourth-order valence-electron chi connectivity index (χ4n) is 2.46. The first-order valence-corrected chi connectivity index (χ1v) is 8.58.